The molecule has 1 amide bonds. The van der Waals surface area contributed by atoms with E-state index in [0.717, 1.165) is 0 Å². The van der Waals surface area contributed by atoms with Crippen LogP contribution in [0.15, 0.2) is 48.8 Å². The molecule has 1 aliphatic rings. The number of aromatic nitrogens is 1. The number of hydrogen-bond donors (Lipinski definition) is 0. The fourth-order valence-electron chi connectivity index (χ4n) is 2.37. The minimum Gasteiger partial charge on any atom is -0.290 e. The average Bonchev–Trinajstić information content (AvgIpc) is 2.70. The number of hydrogen-bond acceptors (Lipinski definition) is 4. The van der Waals surface area contributed by atoms with Crippen LogP contribution in [0.3, 0.4) is 0 Å². The van der Waals surface area contributed by atoms with Gasteiger partial charge in [-0.3, -0.25) is 14.7 Å². The number of benzene rings is 1. The zero-order chi connectivity index (χ0) is 15.0. The zero-order valence-electron chi connectivity index (χ0n) is 10.8. The quantitative estimate of drug-likeness (QED) is 0.850. The molecule has 1 aromatic heterocycles. The van der Waals surface area contributed by atoms with Gasteiger partial charge in [0.15, 0.2) is 15.2 Å². The first kappa shape index (κ1) is 14.0. The Kier molecular flexibility index (Phi) is 3.43. The molecule has 0 spiro atoms. The molecule has 5 nitrogen and oxygen atoms in total. The summed E-state index contributed by atoms with van der Waals surface area (Å²) in [4.78, 5) is 17.4. The van der Waals surface area contributed by atoms with Crippen molar-refractivity contribution in [2.45, 2.75) is 5.37 Å². The third-order valence-corrected chi connectivity index (χ3v) is 5.31. The molecule has 1 atom stereocenters. The Morgan fingerprint density at radius 3 is 2.52 bits per heavy atom. The van der Waals surface area contributed by atoms with Gasteiger partial charge in [0.05, 0.1) is 0 Å². The van der Waals surface area contributed by atoms with Gasteiger partial charge in [-0.25, -0.2) is 8.42 Å². The van der Waals surface area contributed by atoms with Crippen molar-refractivity contribution in [1.29, 1.82) is 0 Å². The number of pyridine rings is 1. The van der Waals surface area contributed by atoms with E-state index in [2.05, 4.69) is 4.98 Å². The minimum absolute atomic E-state index is 0.453. The molecule has 0 bridgehead atoms. The number of amides is 1. The molecule has 1 saturated heterocycles. The van der Waals surface area contributed by atoms with E-state index in [4.69, 9.17) is 11.6 Å². The summed E-state index contributed by atoms with van der Waals surface area (Å²) in [5.41, 5.74) is 0.970. The van der Waals surface area contributed by atoms with Crippen molar-refractivity contribution in [3.8, 4) is 0 Å². The number of carbonyl (C=O) groups excluding carboxylic acids is 1. The second kappa shape index (κ2) is 5.13. The largest absolute Gasteiger partial charge is 0.290 e. The summed E-state index contributed by atoms with van der Waals surface area (Å²) in [6, 6.07) is 9.80. The molecule has 1 fully saturated rings. The summed E-state index contributed by atoms with van der Waals surface area (Å²) < 4.78 is 24.6. The molecule has 0 aliphatic carbocycles. The van der Waals surface area contributed by atoms with Crippen molar-refractivity contribution in [1.82, 2.24) is 4.98 Å². The molecular formula is C14H11ClN2O3S. The van der Waals surface area contributed by atoms with E-state index in [0.29, 0.717) is 16.3 Å². The van der Waals surface area contributed by atoms with Gasteiger partial charge >= 0.3 is 0 Å². The summed E-state index contributed by atoms with van der Waals surface area (Å²) in [6.07, 6.45) is 3.02. The van der Waals surface area contributed by atoms with Crippen LogP contribution in [0.2, 0.25) is 5.02 Å². The predicted molar refractivity (Wildman–Crippen MR) is 79.7 cm³/mol. The lowest BCUT2D eigenvalue weighted by atomic mass is 10.2. The molecule has 3 rings (SSSR count). The van der Waals surface area contributed by atoms with Crippen LogP contribution in [-0.4, -0.2) is 25.1 Å². The Bertz CT molecular complexity index is 776. The van der Waals surface area contributed by atoms with Crippen molar-refractivity contribution in [3.63, 3.8) is 0 Å². The molecule has 0 saturated carbocycles. The summed E-state index contributed by atoms with van der Waals surface area (Å²) in [6.45, 7) is 0. The average molecular weight is 323 g/mol. The van der Waals surface area contributed by atoms with Crippen LogP contribution in [0.4, 0.5) is 5.69 Å². The van der Waals surface area contributed by atoms with Crippen molar-refractivity contribution >= 4 is 33.0 Å². The first-order valence-electron chi connectivity index (χ1n) is 6.18. The molecule has 2 aromatic rings. The topological polar surface area (TPSA) is 67.3 Å². The summed E-state index contributed by atoms with van der Waals surface area (Å²) >= 11 is 5.83. The molecular weight excluding hydrogens is 312 g/mol. The van der Waals surface area contributed by atoms with E-state index >= 15 is 0 Å². The summed E-state index contributed by atoms with van der Waals surface area (Å²) in [7, 11) is -3.59. The van der Waals surface area contributed by atoms with Crippen LogP contribution in [0.5, 0.6) is 0 Å². The van der Waals surface area contributed by atoms with Gasteiger partial charge in [0.2, 0.25) is 5.91 Å². The third-order valence-electron chi connectivity index (χ3n) is 3.24. The van der Waals surface area contributed by atoms with E-state index in [1.165, 1.54) is 11.1 Å². The van der Waals surface area contributed by atoms with Crippen molar-refractivity contribution in [2.24, 2.45) is 0 Å². The lowest BCUT2D eigenvalue weighted by molar-refractivity contribution is -0.115. The van der Waals surface area contributed by atoms with Crippen LogP contribution in [0.1, 0.15) is 10.9 Å². The van der Waals surface area contributed by atoms with Gasteiger partial charge in [0.25, 0.3) is 0 Å². The molecule has 0 radical (unpaired) electrons. The number of halogens is 1. The summed E-state index contributed by atoms with van der Waals surface area (Å²) in [5, 5.41) is -0.522. The molecule has 21 heavy (non-hydrogen) atoms. The molecule has 7 heteroatoms. The van der Waals surface area contributed by atoms with E-state index in [9.17, 15) is 13.2 Å². The zero-order valence-corrected chi connectivity index (χ0v) is 12.4. The van der Waals surface area contributed by atoms with Crippen LogP contribution >= 0.6 is 11.6 Å². The van der Waals surface area contributed by atoms with Gasteiger partial charge in [-0.2, -0.15) is 0 Å². The van der Waals surface area contributed by atoms with Crippen LogP contribution in [0, 0.1) is 0 Å². The lowest BCUT2D eigenvalue weighted by Gasteiger charge is -2.23. The maximum absolute atomic E-state index is 12.3. The third kappa shape index (κ3) is 2.52. The Morgan fingerprint density at radius 2 is 1.90 bits per heavy atom. The van der Waals surface area contributed by atoms with Crippen molar-refractivity contribution < 1.29 is 13.2 Å². The van der Waals surface area contributed by atoms with E-state index < -0.39 is 26.9 Å². The highest BCUT2D eigenvalue weighted by molar-refractivity contribution is 7.93. The number of sulfone groups is 1. The van der Waals surface area contributed by atoms with E-state index in [-0.39, 0.29) is 0 Å². The van der Waals surface area contributed by atoms with Crippen LogP contribution < -0.4 is 4.90 Å². The van der Waals surface area contributed by atoms with Gasteiger partial charge in [0.1, 0.15) is 5.75 Å². The van der Waals surface area contributed by atoms with Gasteiger partial charge < -0.3 is 0 Å². The predicted octanol–water partition coefficient (Wildman–Crippen LogP) is 2.20. The van der Waals surface area contributed by atoms with Gasteiger partial charge in [-0.05, 0) is 30.3 Å². The molecule has 108 valence electrons. The van der Waals surface area contributed by atoms with Gasteiger partial charge in [0, 0.05) is 28.7 Å². The summed E-state index contributed by atoms with van der Waals surface area (Å²) in [5.74, 6) is -0.957. The molecule has 2 heterocycles. The molecule has 1 aromatic carbocycles. The van der Waals surface area contributed by atoms with Crippen LogP contribution in [-0.2, 0) is 14.6 Å². The monoisotopic (exact) mass is 322 g/mol. The second-order valence-corrected chi connectivity index (χ2v) is 7.18. The Labute approximate surface area is 127 Å². The normalized spacial score (nSPS) is 20.7. The Hall–Kier alpha value is -1.92. The fourth-order valence-corrected chi connectivity index (χ4v) is 4.25. The Balaban J connectivity index is 2.13. The number of rotatable bonds is 2. The Morgan fingerprint density at radius 1 is 1.19 bits per heavy atom. The van der Waals surface area contributed by atoms with Gasteiger partial charge in [-0.1, -0.05) is 17.7 Å². The maximum atomic E-state index is 12.3. The smallest absolute Gasteiger partial charge is 0.243 e. The van der Waals surface area contributed by atoms with Crippen LogP contribution in [0.25, 0.3) is 0 Å². The first-order chi connectivity index (χ1) is 9.99. The maximum Gasteiger partial charge on any atom is 0.243 e. The number of nitrogens with zero attached hydrogens (tertiary/aromatic N) is 2. The minimum atomic E-state index is -3.59. The molecule has 1 unspecified atom stereocenters. The number of carbonyl (C=O) groups is 1. The highest BCUT2D eigenvalue weighted by Gasteiger charge is 2.45. The molecule has 0 N–H and O–H groups in total. The van der Waals surface area contributed by atoms with Crippen molar-refractivity contribution in [2.75, 3.05) is 10.7 Å². The lowest BCUT2D eigenvalue weighted by Crippen LogP contribution is -2.29. The van der Waals surface area contributed by atoms with Crippen molar-refractivity contribution in [3.05, 3.63) is 59.4 Å². The SMILES string of the molecule is O=C1CS(=O)(=O)C(c2cccnc2)N1c1ccc(Cl)cc1. The van der Waals surface area contributed by atoms with E-state index in [1.54, 1.807) is 42.6 Å². The van der Waals surface area contributed by atoms with Gasteiger partial charge in [-0.15, -0.1) is 0 Å². The molecule has 1 aliphatic heterocycles. The second-order valence-electron chi connectivity index (χ2n) is 4.69. The highest BCUT2D eigenvalue weighted by atomic mass is 35.5. The van der Waals surface area contributed by atoms with E-state index in [1.807, 2.05) is 0 Å². The fraction of sp³-hybridized carbons (Fsp3) is 0.143. The first-order valence-corrected chi connectivity index (χ1v) is 8.27. The number of anilines is 1. The standard InChI is InChI=1S/C14H11ClN2O3S/c15-11-3-5-12(6-4-11)17-13(18)9-21(19,20)14(17)10-2-1-7-16-8-10/h1-8,14H,9H2. The highest BCUT2D eigenvalue weighted by Crippen LogP contribution is 2.37.